The molecule has 28 heavy (non-hydrogen) atoms. The molecule has 0 bridgehead atoms. The Morgan fingerprint density at radius 1 is 1.18 bits per heavy atom. The number of ether oxygens (including phenoxy) is 1. The van der Waals surface area contributed by atoms with Gasteiger partial charge in [0.15, 0.2) is 0 Å². The fourth-order valence-corrected chi connectivity index (χ4v) is 3.88. The van der Waals surface area contributed by atoms with E-state index < -0.39 is 17.8 Å². The van der Waals surface area contributed by atoms with Crippen LogP contribution in [0.2, 0.25) is 0 Å². The van der Waals surface area contributed by atoms with Crippen molar-refractivity contribution in [2.24, 2.45) is 0 Å². The van der Waals surface area contributed by atoms with Crippen molar-refractivity contribution in [3.8, 4) is 0 Å². The van der Waals surface area contributed by atoms with E-state index in [1.807, 2.05) is 39.0 Å². The fraction of sp³-hybridized carbons (Fsp3) is 0.600. The van der Waals surface area contributed by atoms with Gasteiger partial charge in [-0.25, -0.2) is 9.59 Å². The number of hydrogen-bond acceptors (Lipinski definition) is 5. The summed E-state index contributed by atoms with van der Waals surface area (Å²) in [4.78, 5) is 28.1. The van der Waals surface area contributed by atoms with E-state index in [0.717, 1.165) is 36.7 Å². The molecule has 2 rings (SSSR count). The SMILES string of the molecule is CC(C)(C)OC(=O)NC(CCN1CCN(C(=O)O)CC1)CSc1ccccc1. The van der Waals surface area contributed by atoms with Crippen LogP contribution in [0, 0.1) is 0 Å². The average molecular weight is 410 g/mol. The van der Waals surface area contributed by atoms with Crippen molar-refractivity contribution in [3.05, 3.63) is 30.3 Å². The van der Waals surface area contributed by atoms with Gasteiger partial charge in [-0.2, -0.15) is 0 Å². The summed E-state index contributed by atoms with van der Waals surface area (Å²) in [6.45, 7) is 8.85. The molecule has 1 heterocycles. The zero-order valence-electron chi connectivity index (χ0n) is 16.9. The van der Waals surface area contributed by atoms with Gasteiger partial charge in [-0.3, -0.25) is 4.90 Å². The summed E-state index contributed by atoms with van der Waals surface area (Å²) < 4.78 is 5.41. The van der Waals surface area contributed by atoms with Gasteiger partial charge in [0.1, 0.15) is 5.60 Å². The first-order chi connectivity index (χ1) is 13.2. The molecule has 1 unspecified atom stereocenters. The first-order valence-electron chi connectivity index (χ1n) is 9.60. The minimum absolute atomic E-state index is 0.0300. The number of amides is 2. The third kappa shape index (κ3) is 8.39. The predicted molar refractivity (Wildman–Crippen MR) is 111 cm³/mol. The fourth-order valence-electron chi connectivity index (χ4n) is 2.89. The van der Waals surface area contributed by atoms with Gasteiger partial charge in [-0.05, 0) is 39.3 Å². The molecule has 1 aromatic carbocycles. The quantitative estimate of drug-likeness (QED) is 0.672. The van der Waals surface area contributed by atoms with Crippen molar-refractivity contribution in [1.82, 2.24) is 15.1 Å². The van der Waals surface area contributed by atoms with Crippen LogP contribution in [0.1, 0.15) is 27.2 Å². The maximum atomic E-state index is 12.2. The summed E-state index contributed by atoms with van der Waals surface area (Å²) in [5.74, 6) is 0.748. The number of thioether (sulfide) groups is 1. The molecule has 1 aromatic rings. The highest BCUT2D eigenvalue weighted by atomic mass is 32.2. The number of nitrogens with zero attached hydrogens (tertiary/aromatic N) is 2. The lowest BCUT2D eigenvalue weighted by Gasteiger charge is -2.34. The molecular weight excluding hydrogens is 378 g/mol. The summed E-state index contributed by atoms with van der Waals surface area (Å²) in [5, 5.41) is 12.1. The van der Waals surface area contributed by atoms with E-state index in [1.165, 1.54) is 4.90 Å². The van der Waals surface area contributed by atoms with Crippen LogP contribution in [0.4, 0.5) is 9.59 Å². The standard InChI is InChI=1S/C20H31N3O4S/c1-20(2,3)27-18(24)21-16(15-28-17-7-5-4-6-8-17)9-10-22-11-13-23(14-12-22)19(25)26/h4-8,16H,9-15H2,1-3H3,(H,21,24)(H,25,26). The largest absolute Gasteiger partial charge is 0.465 e. The summed E-state index contributed by atoms with van der Waals surface area (Å²) in [5.41, 5.74) is -0.533. The highest BCUT2D eigenvalue weighted by Gasteiger charge is 2.23. The van der Waals surface area contributed by atoms with Crippen molar-refractivity contribution in [3.63, 3.8) is 0 Å². The van der Waals surface area contributed by atoms with Gasteiger partial charge in [-0.1, -0.05) is 18.2 Å². The van der Waals surface area contributed by atoms with Gasteiger partial charge in [-0.15, -0.1) is 11.8 Å². The van der Waals surface area contributed by atoms with Gasteiger partial charge in [0.25, 0.3) is 0 Å². The zero-order valence-corrected chi connectivity index (χ0v) is 17.7. The van der Waals surface area contributed by atoms with E-state index in [-0.39, 0.29) is 6.04 Å². The normalized spacial score (nSPS) is 16.5. The lowest BCUT2D eigenvalue weighted by atomic mass is 10.2. The molecule has 1 saturated heterocycles. The second kappa shape index (κ2) is 10.6. The molecule has 0 spiro atoms. The Balaban J connectivity index is 1.86. The molecule has 2 N–H and O–H groups in total. The van der Waals surface area contributed by atoms with Crippen molar-refractivity contribution in [1.29, 1.82) is 0 Å². The number of rotatable bonds is 7. The molecule has 1 aliphatic rings. The number of carboxylic acid groups (broad SMARTS) is 1. The monoisotopic (exact) mass is 409 g/mol. The van der Waals surface area contributed by atoms with E-state index in [1.54, 1.807) is 11.8 Å². The molecule has 0 radical (unpaired) electrons. The molecule has 1 aliphatic heterocycles. The minimum Gasteiger partial charge on any atom is -0.465 e. The van der Waals surface area contributed by atoms with E-state index in [4.69, 9.17) is 9.84 Å². The topological polar surface area (TPSA) is 82.1 Å². The molecule has 0 aromatic heterocycles. The van der Waals surface area contributed by atoms with Crippen LogP contribution in [0.15, 0.2) is 35.2 Å². The number of hydrogen-bond donors (Lipinski definition) is 2. The van der Waals surface area contributed by atoms with E-state index in [0.29, 0.717) is 13.1 Å². The Morgan fingerprint density at radius 3 is 2.39 bits per heavy atom. The Bertz CT molecular complexity index is 628. The van der Waals surface area contributed by atoms with E-state index >= 15 is 0 Å². The summed E-state index contributed by atoms with van der Waals surface area (Å²) in [6, 6.07) is 10.1. The number of alkyl carbamates (subject to hydrolysis) is 1. The minimum atomic E-state index is -0.858. The maximum absolute atomic E-state index is 12.2. The third-order valence-electron chi connectivity index (χ3n) is 4.35. The first kappa shape index (κ1) is 22.4. The summed E-state index contributed by atoms with van der Waals surface area (Å²) in [6.07, 6.45) is -0.475. The molecule has 0 saturated carbocycles. The van der Waals surface area contributed by atoms with Gasteiger partial charge in [0, 0.05) is 49.4 Å². The second-order valence-electron chi connectivity index (χ2n) is 7.87. The molecule has 0 aliphatic carbocycles. The Kier molecular flexibility index (Phi) is 8.44. The zero-order chi connectivity index (χ0) is 20.6. The Hall–Kier alpha value is -1.93. The number of carbonyl (C=O) groups is 2. The molecule has 156 valence electrons. The molecule has 8 heteroatoms. The second-order valence-corrected chi connectivity index (χ2v) is 8.96. The Labute approximate surface area is 171 Å². The van der Waals surface area contributed by atoms with Crippen LogP contribution in [-0.4, -0.2) is 77.2 Å². The van der Waals surface area contributed by atoms with Crippen molar-refractivity contribution >= 4 is 23.9 Å². The maximum Gasteiger partial charge on any atom is 0.407 e. The first-order valence-corrected chi connectivity index (χ1v) is 10.6. The summed E-state index contributed by atoms with van der Waals surface area (Å²) in [7, 11) is 0. The molecular formula is C20H31N3O4S. The van der Waals surface area contributed by atoms with E-state index in [9.17, 15) is 9.59 Å². The summed E-state index contributed by atoms with van der Waals surface area (Å²) >= 11 is 1.70. The van der Waals surface area contributed by atoms with Crippen molar-refractivity contribution in [2.75, 3.05) is 38.5 Å². The molecule has 1 atom stereocenters. The Morgan fingerprint density at radius 2 is 1.82 bits per heavy atom. The van der Waals surface area contributed by atoms with Gasteiger partial charge in [0.2, 0.25) is 0 Å². The van der Waals surface area contributed by atoms with Crippen LogP contribution in [0.25, 0.3) is 0 Å². The van der Waals surface area contributed by atoms with Crippen LogP contribution in [0.3, 0.4) is 0 Å². The smallest absolute Gasteiger partial charge is 0.407 e. The highest BCUT2D eigenvalue weighted by molar-refractivity contribution is 7.99. The molecule has 7 nitrogen and oxygen atoms in total. The third-order valence-corrected chi connectivity index (χ3v) is 5.53. The number of carbonyl (C=O) groups excluding carboxylic acids is 1. The van der Waals surface area contributed by atoms with Crippen LogP contribution in [-0.2, 0) is 4.74 Å². The van der Waals surface area contributed by atoms with Crippen LogP contribution >= 0.6 is 11.8 Å². The number of piperazine rings is 1. The van der Waals surface area contributed by atoms with Crippen molar-refractivity contribution in [2.45, 2.75) is 43.7 Å². The van der Waals surface area contributed by atoms with Gasteiger partial charge in [0.05, 0.1) is 0 Å². The van der Waals surface area contributed by atoms with Crippen LogP contribution in [0.5, 0.6) is 0 Å². The lowest BCUT2D eigenvalue weighted by molar-refractivity contribution is 0.0500. The molecule has 1 fully saturated rings. The average Bonchev–Trinajstić information content (AvgIpc) is 2.63. The van der Waals surface area contributed by atoms with Crippen molar-refractivity contribution < 1.29 is 19.4 Å². The van der Waals surface area contributed by atoms with Crippen LogP contribution < -0.4 is 5.32 Å². The molecule has 2 amide bonds. The van der Waals surface area contributed by atoms with E-state index in [2.05, 4.69) is 22.3 Å². The number of benzene rings is 1. The number of nitrogens with one attached hydrogen (secondary N) is 1. The van der Waals surface area contributed by atoms with Gasteiger partial charge >= 0.3 is 12.2 Å². The predicted octanol–water partition coefficient (Wildman–Crippen LogP) is 3.36. The highest BCUT2D eigenvalue weighted by Crippen LogP contribution is 2.19. The van der Waals surface area contributed by atoms with Gasteiger partial charge < -0.3 is 20.1 Å². The lowest BCUT2D eigenvalue weighted by Crippen LogP contribution is -2.49.